The molecule has 2 rings (SSSR count). The van der Waals surface area contributed by atoms with Crippen molar-refractivity contribution in [3.05, 3.63) is 71.8 Å². The molecule has 5 nitrogen and oxygen atoms in total. The van der Waals surface area contributed by atoms with E-state index in [-0.39, 0.29) is 11.9 Å². The maximum absolute atomic E-state index is 12.5. The fraction of sp³-hybridized carbons (Fsp3) is 0.333. The first-order valence-corrected chi connectivity index (χ1v) is 8.78. The fourth-order valence-corrected chi connectivity index (χ4v) is 2.81. The molecule has 5 heteroatoms. The lowest BCUT2D eigenvalue weighted by molar-refractivity contribution is -0.141. The van der Waals surface area contributed by atoms with Crippen molar-refractivity contribution >= 4 is 11.9 Å². The van der Waals surface area contributed by atoms with Crippen LogP contribution in [0.5, 0.6) is 0 Å². The van der Waals surface area contributed by atoms with Gasteiger partial charge in [0, 0.05) is 19.5 Å². The number of aliphatic carboxylic acids is 1. The van der Waals surface area contributed by atoms with E-state index >= 15 is 0 Å². The molecule has 1 unspecified atom stereocenters. The maximum Gasteiger partial charge on any atom is 0.307 e. The third kappa shape index (κ3) is 6.01. The zero-order valence-electron chi connectivity index (χ0n) is 15.3. The smallest absolute Gasteiger partial charge is 0.307 e. The van der Waals surface area contributed by atoms with E-state index in [1.807, 2.05) is 72.6 Å². The second-order valence-electron chi connectivity index (χ2n) is 6.57. The van der Waals surface area contributed by atoms with E-state index in [2.05, 4.69) is 5.32 Å². The second-order valence-corrected chi connectivity index (χ2v) is 6.57. The highest BCUT2D eigenvalue weighted by molar-refractivity contribution is 5.77. The van der Waals surface area contributed by atoms with E-state index in [1.54, 1.807) is 6.92 Å². The highest BCUT2D eigenvalue weighted by atomic mass is 16.4. The van der Waals surface area contributed by atoms with Crippen LogP contribution in [0, 0.1) is 5.92 Å². The van der Waals surface area contributed by atoms with E-state index in [0.29, 0.717) is 19.5 Å². The lowest BCUT2D eigenvalue weighted by Gasteiger charge is -2.22. The van der Waals surface area contributed by atoms with Gasteiger partial charge in [-0.15, -0.1) is 0 Å². The van der Waals surface area contributed by atoms with Crippen molar-refractivity contribution in [3.8, 4) is 0 Å². The molecule has 2 N–H and O–H groups in total. The monoisotopic (exact) mass is 354 g/mol. The van der Waals surface area contributed by atoms with Gasteiger partial charge in [-0.3, -0.25) is 9.59 Å². The summed E-state index contributed by atoms with van der Waals surface area (Å²) in [6.45, 7) is 2.60. The molecule has 2 aromatic rings. The summed E-state index contributed by atoms with van der Waals surface area (Å²) in [4.78, 5) is 25.3. The van der Waals surface area contributed by atoms with Crippen molar-refractivity contribution in [1.82, 2.24) is 10.2 Å². The Morgan fingerprint density at radius 1 is 1.00 bits per heavy atom. The van der Waals surface area contributed by atoms with Crippen molar-refractivity contribution in [1.29, 1.82) is 0 Å². The molecule has 0 aromatic heterocycles. The van der Waals surface area contributed by atoms with Gasteiger partial charge < -0.3 is 15.3 Å². The lowest BCUT2D eigenvalue weighted by atomic mass is 9.98. The summed E-state index contributed by atoms with van der Waals surface area (Å²) in [6.07, 6.45) is 0.318. The summed E-state index contributed by atoms with van der Waals surface area (Å²) in [6, 6.07) is 19.5. The molecule has 0 fully saturated rings. The van der Waals surface area contributed by atoms with Gasteiger partial charge in [0.2, 0.25) is 5.91 Å². The molecule has 0 saturated carbocycles. The van der Waals surface area contributed by atoms with Crippen LogP contribution in [-0.2, 0) is 9.59 Å². The van der Waals surface area contributed by atoms with Crippen LogP contribution in [0.3, 0.4) is 0 Å². The Bertz CT molecular complexity index is 664. The molecule has 0 heterocycles. The maximum atomic E-state index is 12.5. The summed E-state index contributed by atoms with van der Waals surface area (Å²) in [7, 11) is 1.83. The molecule has 26 heavy (non-hydrogen) atoms. The molecule has 0 aliphatic carbocycles. The van der Waals surface area contributed by atoms with E-state index in [1.165, 1.54) is 0 Å². The van der Waals surface area contributed by atoms with E-state index in [0.717, 1.165) is 11.1 Å². The summed E-state index contributed by atoms with van der Waals surface area (Å²) in [5.74, 6) is -1.34. The van der Waals surface area contributed by atoms with Crippen LogP contribution in [0.4, 0.5) is 0 Å². The van der Waals surface area contributed by atoms with Gasteiger partial charge in [0.1, 0.15) is 0 Å². The lowest BCUT2D eigenvalue weighted by Crippen LogP contribution is -2.34. The molecule has 0 spiro atoms. The number of carbonyl (C=O) groups is 2. The van der Waals surface area contributed by atoms with Crippen LogP contribution in [0.1, 0.15) is 30.5 Å². The molecule has 1 amide bonds. The Labute approximate surface area is 154 Å². The molecule has 138 valence electrons. The quantitative estimate of drug-likeness (QED) is 0.726. The third-order valence-electron chi connectivity index (χ3n) is 4.30. The molecular weight excluding hydrogens is 328 g/mol. The van der Waals surface area contributed by atoms with Gasteiger partial charge in [-0.1, -0.05) is 67.6 Å². The SMILES string of the molecule is CC(CN(C)CCC(=O)NC(c1ccccc1)c1ccccc1)C(=O)O. The number of amides is 1. The number of carboxylic acids is 1. The Hall–Kier alpha value is -2.66. The predicted molar refractivity (Wildman–Crippen MR) is 102 cm³/mol. The topological polar surface area (TPSA) is 69.6 Å². The first kappa shape index (κ1) is 19.7. The molecule has 1 atom stereocenters. The summed E-state index contributed by atoms with van der Waals surface area (Å²) in [5, 5.41) is 12.1. The molecule has 0 aliphatic rings. The van der Waals surface area contributed by atoms with Gasteiger partial charge in [0.15, 0.2) is 0 Å². The van der Waals surface area contributed by atoms with E-state index < -0.39 is 11.9 Å². The Kier molecular flexibility index (Phi) is 7.36. The number of nitrogens with zero attached hydrogens (tertiary/aromatic N) is 1. The van der Waals surface area contributed by atoms with Gasteiger partial charge in [-0.05, 0) is 18.2 Å². The summed E-state index contributed by atoms with van der Waals surface area (Å²) in [5.41, 5.74) is 2.06. The van der Waals surface area contributed by atoms with Crippen LogP contribution >= 0.6 is 0 Å². The van der Waals surface area contributed by atoms with Gasteiger partial charge in [0.05, 0.1) is 12.0 Å². The summed E-state index contributed by atoms with van der Waals surface area (Å²) >= 11 is 0. The molecule has 0 aliphatic heterocycles. The van der Waals surface area contributed by atoms with Crippen molar-refractivity contribution in [2.45, 2.75) is 19.4 Å². The van der Waals surface area contributed by atoms with Crippen molar-refractivity contribution in [2.24, 2.45) is 5.92 Å². The van der Waals surface area contributed by atoms with Crippen molar-refractivity contribution < 1.29 is 14.7 Å². The zero-order valence-corrected chi connectivity index (χ0v) is 15.3. The highest BCUT2D eigenvalue weighted by Gasteiger charge is 2.18. The first-order valence-electron chi connectivity index (χ1n) is 8.78. The van der Waals surface area contributed by atoms with Crippen molar-refractivity contribution in [2.75, 3.05) is 20.1 Å². The molecular formula is C21H26N2O3. The van der Waals surface area contributed by atoms with Crippen molar-refractivity contribution in [3.63, 3.8) is 0 Å². The van der Waals surface area contributed by atoms with E-state index in [4.69, 9.17) is 5.11 Å². The number of rotatable bonds is 9. The Morgan fingerprint density at radius 3 is 1.96 bits per heavy atom. The van der Waals surface area contributed by atoms with Crippen LogP contribution < -0.4 is 5.32 Å². The average molecular weight is 354 g/mol. The van der Waals surface area contributed by atoms with Crippen LogP contribution in [0.25, 0.3) is 0 Å². The molecule has 0 saturated heterocycles. The van der Waals surface area contributed by atoms with E-state index in [9.17, 15) is 9.59 Å². The number of hydrogen-bond donors (Lipinski definition) is 2. The minimum Gasteiger partial charge on any atom is -0.481 e. The number of benzene rings is 2. The number of hydrogen-bond acceptors (Lipinski definition) is 3. The third-order valence-corrected chi connectivity index (χ3v) is 4.30. The summed E-state index contributed by atoms with van der Waals surface area (Å²) < 4.78 is 0. The standard InChI is InChI=1S/C21H26N2O3/c1-16(21(25)26)15-23(2)14-13-19(24)22-20(17-9-5-3-6-10-17)18-11-7-4-8-12-18/h3-12,16,20H,13-15H2,1-2H3,(H,22,24)(H,25,26). The normalized spacial score (nSPS) is 12.2. The van der Waals surface area contributed by atoms with Gasteiger partial charge in [-0.2, -0.15) is 0 Å². The van der Waals surface area contributed by atoms with Gasteiger partial charge >= 0.3 is 5.97 Å². The van der Waals surface area contributed by atoms with Crippen LogP contribution in [0.15, 0.2) is 60.7 Å². The van der Waals surface area contributed by atoms with Gasteiger partial charge in [-0.25, -0.2) is 0 Å². The minimum absolute atomic E-state index is 0.0578. The van der Waals surface area contributed by atoms with Gasteiger partial charge in [0.25, 0.3) is 0 Å². The fourth-order valence-electron chi connectivity index (χ4n) is 2.81. The molecule has 0 bridgehead atoms. The number of nitrogens with one attached hydrogen (secondary N) is 1. The second kappa shape index (κ2) is 9.73. The zero-order chi connectivity index (χ0) is 18.9. The Morgan fingerprint density at radius 2 is 1.50 bits per heavy atom. The first-order chi connectivity index (χ1) is 12.5. The largest absolute Gasteiger partial charge is 0.481 e. The average Bonchev–Trinajstić information content (AvgIpc) is 2.65. The minimum atomic E-state index is -0.825. The predicted octanol–water partition coefficient (Wildman–Crippen LogP) is 2.93. The Balaban J connectivity index is 1.98. The molecule has 2 aromatic carbocycles. The highest BCUT2D eigenvalue weighted by Crippen LogP contribution is 2.21. The molecule has 0 radical (unpaired) electrons. The van der Waals surface area contributed by atoms with Crippen LogP contribution in [0.2, 0.25) is 0 Å². The van der Waals surface area contributed by atoms with Crippen LogP contribution in [-0.4, -0.2) is 42.0 Å². The number of carbonyl (C=O) groups excluding carboxylic acids is 1. The number of carboxylic acid groups (broad SMARTS) is 1.